The van der Waals surface area contributed by atoms with Crippen molar-refractivity contribution in [2.75, 3.05) is 0 Å². The minimum Gasteiger partial charge on any atom is -0.282 e. The number of rotatable bonds is 2. The molecule has 18 heavy (non-hydrogen) atoms. The molecular weight excluding hydrogens is 224 g/mol. The van der Waals surface area contributed by atoms with E-state index < -0.39 is 0 Å². The largest absolute Gasteiger partial charge is 0.282 e. The molecule has 0 spiro atoms. The molecule has 0 aromatic carbocycles. The Morgan fingerprint density at radius 3 is 2.61 bits per heavy atom. The van der Waals surface area contributed by atoms with Crippen LogP contribution in [0.2, 0.25) is 0 Å². The zero-order valence-corrected chi connectivity index (χ0v) is 12.1. The van der Waals surface area contributed by atoms with Gasteiger partial charge < -0.3 is 0 Å². The summed E-state index contributed by atoms with van der Waals surface area (Å²) < 4.78 is 0. The van der Waals surface area contributed by atoms with Crippen LogP contribution in [-0.2, 0) is 9.78 Å². The van der Waals surface area contributed by atoms with Gasteiger partial charge in [0, 0.05) is 0 Å². The van der Waals surface area contributed by atoms with Crippen molar-refractivity contribution in [3.05, 3.63) is 0 Å². The van der Waals surface area contributed by atoms with Crippen molar-refractivity contribution >= 4 is 0 Å². The van der Waals surface area contributed by atoms with Crippen LogP contribution in [-0.4, -0.2) is 6.10 Å². The quantitative estimate of drug-likeness (QED) is 0.419. The number of terminal acetylenes is 1. The highest BCUT2D eigenvalue weighted by Crippen LogP contribution is 2.56. The minimum atomic E-state index is 0.155. The fourth-order valence-electron chi connectivity index (χ4n) is 4.79. The third-order valence-electron chi connectivity index (χ3n) is 5.30. The van der Waals surface area contributed by atoms with E-state index in [4.69, 9.17) is 16.2 Å². The van der Waals surface area contributed by atoms with Crippen LogP contribution in [0, 0.1) is 41.6 Å². The summed E-state index contributed by atoms with van der Waals surface area (Å²) in [4.78, 5) is 10.4. The summed E-state index contributed by atoms with van der Waals surface area (Å²) in [7, 11) is 0. The lowest BCUT2D eigenvalue weighted by Crippen LogP contribution is -2.51. The lowest BCUT2D eigenvalue weighted by atomic mass is 9.52. The van der Waals surface area contributed by atoms with Crippen LogP contribution < -0.4 is 0 Å². The van der Waals surface area contributed by atoms with Crippen LogP contribution in [0.5, 0.6) is 0 Å². The van der Waals surface area contributed by atoms with Gasteiger partial charge in [-0.25, -0.2) is 0 Å². The van der Waals surface area contributed by atoms with Gasteiger partial charge in [-0.15, -0.1) is 0 Å². The predicted octanol–water partition coefficient (Wildman–Crippen LogP) is 4.01. The van der Waals surface area contributed by atoms with Crippen molar-refractivity contribution in [1.29, 1.82) is 0 Å². The van der Waals surface area contributed by atoms with Gasteiger partial charge in [0.05, 0.1) is 0 Å². The first kappa shape index (κ1) is 13.7. The van der Waals surface area contributed by atoms with E-state index in [-0.39, 0.29) is 6.10 Å². The second kappa shape index (κ2) is 5.13. The predicted molar refractivity (Wildman–Crippen MR) is 72.3 cm³/mol. The molecule has 2 rings (SSSR count). The van der Waals surface area contributed by atoms with Crippen LogP contribution in [0.3, 0.4) is 0 Å². The van der Waals surface area contributed by atoms with Crippen LogP contribution in [0.25, 0.3) is 0 Å². The highest BCUT2D eigenvalue weighted by atomic mass is 17.2. The van der Waals surface area contributed by atoms with Crippen molar-refractivity contribution in [3.63, 3.8) is 0 Å². The van der Waals surface area contributed by atoms with Crippen molar-refractivity contribution < 1.29 is 9.78 Å². The molecule has 102 valence electrons. The highest BCUT2D eigenvalue weighted by Gasteiger charge is 2.51. The molecule has 2 saturated carbocycles. The van der Waals surface area contributed by atoms with E-state index >= 15 is 0 Å². The van der Waals surface area contributed by atoms with E-state index in [0.717, 1.165) is 5.92 Å². The van der Waals surface area contributed by atoms with Gasteiger partial charge in [-0.2, -0.15) is 4.89 Å². The summed E-state index contributed by atoms with van der Waals surface area (Å²) in [6.45, 7) is 9.43. The van der Waals surface area contributed by atoms with Crippen LogP contribution in [0.15, 0.2) is 0 Å². The Labute approximate surface area is 111 Å². The Bertz CT molecular complexity index is 332. The molecule has 0 radical (unpaired) electrons. The van der Waals surface area contributed by atoms with Gasteiger partial charge in [0.15, 0.2) is 6.11 Å². The summed E-state index contributed by atoms with van der Waals surface area (Å²) in [6, 6.07) is 0. The third kappa shape index (κ3) is 2.38. The zero-order chi connectivity index (χ0) is 13.3. The molecular formula is C16H26O2. The summed E-state index contributed by atoms with van der Waals surface area (Å²) in [6.07, 6.45) is 12.6. The van der Waals surface area contributed by atoms with Gasteiger partial charge in [-0.05, 0) is 54.8 Å². The van der Waals surface area contributed by atoms with E-state index in [1.165, 1.54) is 25.7 Å². The van der Waals surface area contributed by atoms with Gasteiger partial charge in [0.25, 0.3) is 0 Å². The second-order valence-corrected chi connectivity index (χ2v) is 6.98. The summed E-state index contributed by atoms with van der Waals surface area (Å²) >= 11 is 0. The summed E-state index contributed by atoms with van der Waals surface area (Å²) in [5, 5.41) is 0. The maximum atomic E-state index is 5.55. The SMILES string of the molecule is C#COOC1C(C)CCC2(C)CC(C)CC(C)C12. The van der Waals surface area contributed by atoms with Gasteiger partial charge >= 0.3 is 0 Å². The van der Waals surface area contributed by atoms with Crippen LogP contribution in [0.1, 0.15) is 53.4 Å². The Morgan fingerprint density at radius 1 is 1.22 bits per heavy atom. The third-order valence-corrected chi connectivity index (χ3v) is 5.30. The Balaban J connectivity index is 2.20. The van der Waals surface area contributed by atoms with Crippen molar-refractivity contribution in [2.24, 2.45) is 29.1 Å². The number of fused-ring (bicyclic) bond motifs is 1. The number of hydrogen-bond donors (Lipinski definition) is 0. The van der Waals surface area contributed by atoms with Crippen molar-refractivity contribution in [2.45, 2.75) is 59.5 Å². The molecule has 2 heteroatoms. The topological polar surface area (TPSA) is 18.5 Å². The molecule has 0 aromatic rings. The Morgan fingerprint density at radius 2 is 1.94 bits per heavy atom. The lowest BCUT2D eigenvalue weighted by Gasteiger charge is -2.54. The zero-order valence-electron chi connectivity index (χ0n) is 12.1. The summed E-state index contributed by atoms with van der Waals surface area (Å²) in [5.41, 5.74) is 0.395. The van der Waals surface area contributed by atoms with E-state index in [1.807, 2.05) is 0 Å². The van der Waals surface area contributed by atoms with Crippen molar-refractivity contribution in [3.8, 4) is 12.5 Å². The maximum Gasteiger partial charge on any atom is 0.153 e. The Kier molecular flexibility index (Phi) is 3.92. The van der Waals surface area contributed by atoms with Gasteiger partial charge in [0.2, 0.25) is 0 Å². The average molecular weight is 250 g/mol. The molecule has 6 atom stereocenters. The molecule has 0 N–H and O–H groups in total. The highest BCUT2D eigenvalue weighted by molar-refractivity contribution is 5.00. The van der Waals surface area contributed by atoms with Crippen LogP contribution in [0.4, 0.5) is 0 Å². The van der Waals surface area contributed by atoms with E-state index in [9.17, 15) is 0 Å². The molecule has 0 heterocycles. The molecule has 0 amide bonds. The smallest absolute Gasteiger partial charge is 0.153 e. The normalized spacial score (nSPS) is 48.1. The molecule has 2 aliphatic rings. The molecule has 6 unspecified atom stereocenters. The lowest BCUT2D eigenvalue weighted by molar-refractivity contribution is -0.319. The summed E-state index contributed by atoms with van der Waals surface area (Å²) in [5.74, 6) is 2.62. The second-order valence-electron chi connectivity index (χ2n) is 6.98. The van der Waals surface area contributed by atoms with Gasteiger partial charge in [-0.3, -0.25) is 4.89 Å². The van der Waals surface area contributed by atoms with Crippen molar-refractivity contribution in [1.82, 2.24) is 0 Å². The first-order valence-electron chi connectivity index (χ1n) is 7.26. The monoisotopic (exact) mass is 250 g/mol. The molecule has 2 fully saturated rings. The van der Waals surface area contributed by atoms with E-state index in [2.05, 4.69) is 33.8 Å². The van der Waals surface area contributed by atoms with Gasteiger partial charge in [-0.1, -0.05) is 34.1 Å². The minimum absolute atomic E-state index is 0.155. The first-order chi connectivity index (χ1) is 8.48. The maximum absolute atomic E-state index is 5.55. The van der Waals surface area contributed by atoms with Gasteiger partial charge in [0.1, 0.15) is 6.10 Å². The first-order valence-corrected chi connectivity index (χ1v) is 7.26. The molecule has 2 aliphatic carbocycles. The van der Waals surface area contributed by atoms with Crippen LogP contribution >= 0.6 is 0 Å². The molecule has 0 aromatic heterocycles. The molecule has 2 nitrogen and oxygen atoms in total. The van der Waals surface area contributed by atoms with E-state index in [1.54, 1.807) is 0 Å². The molecule has 0 saturated heterocycles. The standard InChI is InChI=1S/C16H26O2/c1-6-17-18-15-12(3)7-8-16(5)10-11(2)9-13(4)14(15)16/h1,11-15H,7-10H2,2-5H3. The fourth-order valence-corrected chi connectivity index (χ4v) is 4.79. The van der Waals surface area contributed by atoms with E-state index in [0.29, 0.717) is 23.2 Å². The molecule has 0 bridgehead atoms. The number of hydrogen-bond acceptors (Lipinski definition) is 2. The average Bonchev–Trinajstić information content (AvgIpc) is 2.28. The fraction of sp³-hybridized carbons (Fsp3) is 0.875. The molecule has 0 aliphatic heterocycles. The Hall–Kier alpha value is -0.680.